The Morgan fingerprint density at radius 2 is 2.14 bits per heavy atom. The van der Waals surface area contributed by atoms with Gasteiger partial charge in [0.25, 0.3) is 5.91 Å². The van der Waals surface area contributed by atoms with Crippen LogP contribution in [0.25, 0.3) is 11.4 Å². The summed E-state index contributed by atoms with van der Waals surface area (Å²) in [6.07, 6.45) is 8.05. The fourth-order valence-corrected chi connectivity index (χ4v) is 3.76. The highest BCUT2D eigenvalue weighted by molar-refractivity contribution is 5.94. The predicted octanol–water partition coefficient (Wildman–Crippen LogP) is 3.09. The van der Waals surface area contributed by atoms with Crippen LogP contribution in [0.2, 0.25) is 0 Å². The third kappa shape index (κ3) is 2.78. The quantitative estimate of drug-likeness (QED) is 0.699. The summed E-state index contributed by atoms with van der Waals surface area (Å²) in [5.74, 6) is 1.31. The lowest BCUT2D eigenvalue weighted by Crippen LogP contribution is -2.36. The van der Waals surface area contributed by atoms with Gasteiger partial charge in [0.15, 0.2) is 0 Å². The van der Waals surface area contributed by atoms with Crippen LogP contribution < -0.4 is 0 Å². The molecule has 0 bridgehead atoms. The number of hydrogen-bond acceptors (Lipinski definition) is 6. The molecular weight excluding hydrogens is 354 g/mol. The number of hydrogen-bond donors (Lipinski definition) is 0. The van der Waals surface area contributed by atoms with Crippen LogP contribution in [0, 0.1) is 6.92 Å². The first kappa shape index (κ1) is 17.0. The van der Waals surface area contributed by atoms with Crippen LogP contribution in [0.4, 0.5) is 0 Å². The summed E-state index contributed by atoms with van der Waals surface area (Å²) in [6.45, 7) is 5.28. The second-order valence-electron chi connectivity index (χ2n) is 7.92. The summed E-state index contributed by atoms with van der Waals surface area (Å²) in [5.41, 5.74) is 4.68. The van der Waals surface area contributed by atoms with E-state index in [2.05, 4.69) is 27.0 Å². The van der Waals surface area contributed by atoms with E-state index in [1.165, 1.54) is 0 Å². The minimum absolute atomic E-state index is 0.00983. The third-order valence-corrected chi connectivity index (χ3v) is 5.82. The van der Waals surface area contributed by atoms with Crippen molar-refractivity contribution in [1.29, 1.82) is 0 Å². The van der Waals surface area contributed by atoms with Crippen LogP contribution in [-0.4, -0.2) is 37.5 Å². The van der Waals surface area contributed by atoms with Gasteiger partial charge in [-0.25, -0.2) is 0 Å². The van der Waals surface area contributed by atoms with Gasteiger partial charge < -0.3 is 9.42 Å². The van der Waals surface area contributed by atoms with Gasteiger partial charge in [0.2, 0.25) is 11.7 Å². The Morgan fingerprint density at radius 3 is 2.89 bits per heavy atom. The molecule has 1 aliphatic heterocycles. The molecule has 0 saturated heterocycles. The first-order valence-electron chi connectivity index (χ1n) is 9.56. The molecule has 2 aliphatic rings. The van der Waals surface area contributed by atoms with Gasteiger partial charge in [-0.2, -0.15) is 4.98 Å². The Balaban J connectivity index is 1.47. The molecule has 1 saturated carbocycles. The molecule has 0 unspecified atom stereocenters. The van der Waals surface area contributed by atoms with Crippen LogP contribution in [0.5, 0.6) is 0 Å². The second-order valence-corrected chi connectivity index (χ2v) is 7.92. The second kappa shape index (κ2) is 6.22. The molecule has 3 aromatic rings. The number of amides is 1. The molecule has 0 N–H and O–H groups in total. The van der Waals surface area contributed by atoms with Crippen molar-refractivity contribution in [2.45, 2.75) is 45.1 Å². The van der Waals surface area contributed by atoms with Gasteiger partial charge in [0.1, 0.15) is 0 Å². The van der Waals surface area contributed by atoms with Gasteiger partial charge in [0.05, 0.1) is 5.56 Å². The highest BCUT2D eigenvalue weighted by Crippen LogP contribution is 2.47. The normalized spacial score (nSPS) is 17.3. The Bertz CT molecular complexity index is 1060. The van der Waals surface area contributed by atoms with Gasteiger partial charge in [-0.3, -0.25) is 14.8 Å². The molecule has 0 radical (unpaired) electrons. The highest BCUT2D eigenvalue weighted by atomic mass is 16.5. The number of nitrogens with zero attached hydrogens (tertiary/aromatic N) is 5. The summed E-state index contributed by atoms with van der Waals surface area (Å²) >= 11 is 0. The van der Waals surface area contributed by atoms with Gasteiger partial charge in [-0.1, -0.05) is 12.1 Å². The molecule has 3 aromatic heterocycles. The number of carbonyl (C=O) groups is 1. The third-order valence-electron chi connectivity index (χ3n) is 5.82. The van der Waals surface area contributed by atoms with Gasteiger partial charge in [-0.15, -0.1) is 0 Å². The monoisotopic (exact) mass is 375 g/mol. The first-order chi connectivity index (χ1) is 13.5. The maximum atomic E-state index is 12.8. The van der Waals surface area contributed by atoms with Crippen molar-refractivity contribution >= 4 is 5.91 Å². The number of carbonyl (C=O) groups excluding carboxylic acids is 1. The van der Waals surface area contributed by atoms with Crippen molar-refractivity contribution in [2.24, 2.45) is 0 Å². The van der Waals surface area contributed by atoms with E-state index in [4.69, 9.17) is 4.52 Å². The van der Waals surface area contributed by atoms with E-state index in [0.717, 1.165) is 41.6 Å². The molecular formula is C21H21N5O2. The lowest BCUT2D eigenvalue weighted by molar-refractivity contribution is 0.0734. The summed E-state index contributed by atoms with van der Waals surface area (Å²) in [6, 6.07) is 3.57. The SMILES string of the molecule is Cc1ncc2c(c1-c1noc(C3(C)CC3)n1)CCN(C(=O)c1cccnc1)C2. The zero-order valence-electron chi connectivity index (χ0n) is 16.0. The Kier molecular flexibility index (Phi) is 3.79. The van der Waals surface area contributed by atoms with E-state index in [-0.39, 0.29) is 11.3 Å². The minimum Gasteiger partial charge on any atom is -0.338 e. The van der Waals surface area contributed by atoms with Crippen LogP contribution >= 0.6 is 0 Å². The van der Waals surface area contributed by atoms with Crippen LogP contribution in [0.1, 0.15) is 52.8 Å². The minimum atomic E-state index is -0.00983. The Labute approximate surface area is 162 Å². The van der Waals surface area contributed by atoms with E-state index in [0.29, 0.717) is 30.4 Å². The highest BCUT2D eigenvalue weighted by Gasteiger charge is 2.44. The van der Waals surface area contributed by atoms with Crippen LogP contribution in [0.3, 0.4) is 0 Å². The van der Waals surface area contributed by atoms with E-state index in [1.54, 1.807) is 24.5 Å². The summed E-state index contributed by atoms with van der Waals surface area (Å²) in [4.78, 5) is 27.9. The van der Waals surface area contributed by atoms with E-state index in [1.807, 2.05) is 18.0 Å². The van der Waals surface area contributed by atoms with Gasteiger partial charge in [-0.05, 0) is 49.4 Å². The standard InChI is InChI=1S/C21H21N5O2/c1-13-17(18-24-20(28-25-18)21(2)6-7-21)16-5-9-26(12-15(16)11-23-13)19(27)14-4-3-8-22-10-14/h3-4,8,10-11H,5-7,9,12H2,1-2H3. The molecule has 4 heterocycles. The Hall–Kier alpha value is -3.09. The fraction of sp³-hybridized carbons (Fsp3) is 0.381. The summed E-state index contributed by atoms with van der Waals surface area (Å²) in [7, 11) is 0. The molecule has 1 aliphatic carbocycles. The number of fused-ring (bicyclic) bond motifs is 1. The smallest absolute Gasteiger partial charge is 0.255 e. The van der Waals surface area contributed by atoms with Crippen LogP contribution in [0.15, 0.2) is 35.2 Å². The number of aromatic nitrogens is 4. The van der Waals surface area contributed by atoms with Crippen molar-refractivity contribution in [2.75, 3.05) is 6.54 Å². The van der Waals surface area contributed by atoms with E-state index in [9.17, 15) is 4.79 Å². The lowest BCUT2D eigenvalue weighted by atomic mass is 9.94. The molecule has 28 heavy (non-hydrogen) atoms. The lowest BCUT2D eigenvalue weighted by Gasteiger charge is -2.30. The molecule has 0 aromatic carbocycles. The molecule has 7 heteroatoms. The molecule has 5 rings (SSSR count). The van der Waals surface area contributed by atoms with Crippen molar-refractivity contribution < 1.29 is 9.32 Å². The zero-order valence-corrected chi connectivity index (χ0v) is 16.0. The molecule has 1 fully saturated rings. The van der Waals surface area contributed by atoms with Crippen molar-refractivity contribution in [3.63, 3.8) is 0 Å². The summed E-state index contributed by atoms with van der Waals surface area (Å²) < 4.78 is 5.55. The van der Waals surface area contributed by atoms with Crippen molar-refractivity contribution in [1.82, 2.24) is 25.0 Å². The molecule has 142 valence electrons. The molecule has 7 nitrogen and oxygen atoms in total. The topological polar surface area (TPSA) is 85.0 Å². The predicted molar refractivity (Wildman–Crippen MR) is 102 cm³/mol. The summed E-state index contributed by atoms with van der Waals surface area (Å²) in [5, 5.41) is 4.25. The Morgan fingerprint density at radius 1 is 1.29 bits per heavy atom. The molecule has 0 spiro atoms. The maximum absolute atomic E-state index is 12.8. The van der Waals surface area contributed by atoms with Crippen LogP contribution in [-0.2, 0) is 18.4 Å². The van der Waals surface area contributed by atoms with Crippen molar-refractivity contribution in [3.05, 3.63) is 59.0 Å². The number of pyridine rings is 2. The molecule has 1 amide bonds. The number of aryl methyl sites for hydroxylation is 1. The van der Waals surface area contributed by atoms with Gasteiger partial charge >= 0.3 is 0 Å². The van der Waals surface area contributed by atoms with Crippen molar-refractivity contribution in [3.8, 4) is 11.4 Å². The van der Waals surface area contributed by atoms with E-state index >= 15 is 0 Å². The maximum Gasteiger partial charge on any atom is 0.255 e. The van der Waals surface area contributed by atoms with Gasteiger partial charge in [0, 0.05) is 48.4 Å². The fourth-order valence-electron chi connectivity index (χ4n) is 3.76. The zero-order chi connectivity index (χ0) is 19.3. The number of rotatable bonds is 3. The average Bonchev–Trinajstić information content (AvgIpc) is 3.28. The van der Waals surface area contributed by atoms with E-state index < -0.39 is 0 Å². The molecule has 0 atom stereocenters. The first-order valence-corrected chi connectivity index (χ1v) is 9.56. The average molecular weight is 375 g/mol. The largest absolute Gasteiger partial charge is 0.338 e.